The average Bonchev–Trinajstić information content (AvgIpc) is 2.18. The monoisotopic (exact) mass is 205 g/mol. The molecular formula is C14H21O. The van der Waals surface area contributed by atoms with Crippen molar-refractivity contribution in [2.75, 3.05) is 0 Å². The van der Waals surface area contributed by atoms with E-state index < -0.39 is 0 Å². The van der Waals surface area contributed by atoms with E-state index in [1.54, 1.807) is 12.1 Å². The van der Waals surface area contributed by atoms with Crippen LogP contribution in [0.4, 0.5) is 0 Å². The lowest BCUT2D eigenvalue weighted by Crippen LogP contribution is -2.16. The first kappa shape index (κ1) is 12.1. The highest BCUT2D eigenvalue weighted by molar-refractivity contribution is 5.31. The summed E-state index contributed by atoms with van der Waals surface area (Å²) in [6, 6.07) is 7.31. The molecule has 0 spiro atoms. The molecule has 0 aromatic heterocycles. The minimum Gasteiger partial charge on any atom is -0.290 e. The third kappa shape index (κ3) is 3.58. The van der Waals surface area contributed by atoms with E-state index in [2.05, 4.69) is 26.8 Å². The summed E-state index contributed by atoms with van der Waals surface area (Å²) in [5.41, 5.74) is 1.31. The first-order chi connectivity index (χ1) is 7.06. The molecule has 0 atom stereocenters. The van der Waals surface area contributed by atoms with Gasteiger partial charge in [-0.2, -0.15) is 0 Å². The molecular weight excluding hydrogens is 184 g/mol. The number of rotatable bonds is 5. The van der Waals surface area contributed by atoms with Gasteiger partial charge < -0.3 is 0 Å². The summed E-state index contributed by atoms with van der Waals surface area (Å²) in [6.07, 6.45) is 4.93. The van der Waals surface area contributed by atoms with Gasteiger partial charge in [0.15, 0.2) is 5.75 Å². The van der Waals surface area contributed by atoms with Crippen molar-refractivity contribution >= 4 is 0 Å². The Morgan fingerprint density at radius 3 is 2.53 bits per heavy atom. The summed E-state index contributed by atoms with van der Waals surface area (Å²) in [5, 5.41) is 11.3. The first-order valence-electron chi connectivity index (χ1n) is 5.84. The molecule has 0 amide bonds. The van der Waals surface area contributed by atoms with Crippen molar-refractivity contribution in [1.29, 1.82) is 0 Å². The topological polar surface area (TPSA) is 19.9 Å². The van der Waals surface area contributed by atoms with Crippen molar-refractivity contribution in [2.24, 2.45) is 0 Å². The van der Waals surface area contributed by atoms with Gasteiger partial charge in [0.05, 0.1) is 0 Å². The molecule has 0 aliphatic rings. The van der Waals surface area contributed by atoms with Crippen LogP contribution in [0.2, 0.25) is 0 Å². The zero-order valence-electron chi connectivity index (χ0n) is 10.0. The van der Waals surface area contributed by atoms with Crippen LogP contribution < -0.4 is 0 Å². The van der Waals surface area contributed by atoms with Gasteiger partial charge in [-0.25, -0.2) is 0 Å². The molecule has 1 aromatic carbocycles. The van der Waals surface area contributed by atoms with E-state index in [1.165, 1.54) is 24.8 Å². The average molecular weight is 205 g/mol. The van der Waals surface area contributed by atoms with Crippen molar-refractivity contribution in [1.82, 2.24) is 0 Å². The smallest absolute Gasteiger partial charge is 0.178 e. The normalized spacial score (nSPS) is 11.7. The molecule has 0 aliphatic heterocycles. The molecule has 0 heterocycles. The molecule has 83 valence electrons. The Kier molecular flexibility index (Phi) is 4.19. The van der Waals surface area contributed by atoms with Crippen LogP contribution >= 0.6 is 0 Å². The molecule has 15 heavy (non-hydrogen) atoms. The predicted molar refractivity (Wildman–Crippen MR) is 63.7 cm³/mol. The van der Waals surface area contributed by atoms with Crippen LogP contribution in [0.3, 0.4) is 0 Å². The van der Waals surface area contributed by atoms with Gasteiger partial charge in [0.25, 0.3) is 0 Å². The molecule has 0 saturated carbocycles. The van der Waals surface area contributed by atoms with Gasteiger partial charge >= 0.3 is 0 Å². The fraction of sp³-hybridized carbons (Fsp3) is 0.571. The lowest BCUT2D eigenvalue weighted by molar-refractivity contribution is 0.352. The van der Waals surface area contributed by atoms with Gasteiger partial charge in [-0.15, -0.1) is 0 Å². The Hall–Kier alpha value is -0.980. The molecule has 0 saturated heterocycles. The summed E-state index contributed by atoms with van der Waals surface area (Å²) in [5.74, 6) is 0.121. The largest absolute Gasteiger partial charge is 0.290 e. The Morgan fingerprint density at radius 2 is 1.93 bits per heavy atom. The zero-order chi connectivity index (χ0) is 11.3. The second kappa shape index (κ2) is 5.20. The molecule has 1 heteroatoms. The third-order valence-electron chi connectivity index (χ3n) is 3.02. The molecule has 0 unspecified atom stereocenters. The van der Waals surface area contributed by atoms with Crippen molar-refractivity contribution < 1.29 is 5.11 Å². The lowest BCUT2D eigenvalue weighted by atomic mass is 9.80. The number of hydrogen-bond acceptors (Lipinski definition) is 0. The maximum Gasteiger partial charge on any atom is 0.178 e. The van der Waals surface area contributed by atoms with Crippen LogP contribution in [-0.4, -0.2) is 0 Å². The van der Waals surface area contributed by atoms with Gasteiger partial charge in [0.1, 0.15) is 0 Å². The Balaban J connectivity index is 2.67. The van der Waals surface area contributed by atoms with Crippen molar-refractivity contribution in [3.8, 4) is 5.75 Å². The van der Waals surface area contributed by atoms with E-state index in [0.29, 0.717) is 0 Å². The first-order valence-corrected chi connectivity index (χ1v) is 5.84. The summed E-state index contributed by atoms with van der Waals surface area (Å²) in [6.45, 7) is 6.65. The van der Waals surface area contributed by atoms with E-state index >= 15 is 0 Å². The van der Waals surface area contributed by atoms with Gasteiger partial charge in [-0.1, -0.05) is 52.2 Å². The molecule has 0 bridgehead atoms. The van der Waals surface area contributed by atoms with Crippen LogP contribution in [0.15, 0.2) is 24.3 Å². The standard InChI is InChI=1S/C14H21O/c1-4-5-6-10-14(2,3)12-8-7-9-13(15)11-12/h7-9,11H,4-6,10H2,1-3H3. The molecule has 0 aliphatic carbocycles. The number of hydrogen-bond donors (Lipinski definition) is 0. The highest BCUT2D eigenvalue weighted by Gasteiger charge is 2.20. The molecule has 1 radical (unpaired) electrons. The SMILES string of the molecule is CCCCCC(C)(C)c1cccc([O])c1. The third-order valence-corrected chi connectivity index (χ3v) is 3.02. The van der Waals surface area contributed by atoms with Crippen molar-refractivity contribution in [3.63, 3.8) is 0 Å². The fourth-order valence-corrected chi connectivity index (χ4v) is 1.88. The summed E-state index contributed by atoms with van der Waals surface area (Å²) >= 11 is 0. The van der Waals surface area contributed by atoms with Crippen LogP contribution in [0.1, 0.15) is 52.0 Å². The maximum absolute atomic E-state index is 11.3. The molecule has 0 N–H and O–H groups in total. The molecule has 1 aromatic rings. The predicted octanol–water partition coefficient (Wildman–Crippen LogP) is 4.69. The van der Waals surface area contributed by atoms with Gasteiger partial charge in [0.2, 0.25) is 0 Å². The number of unbranched alkanes of at least 4 members (excludes halogenated alkanes) is 2. The second-order valence-corrected chi connectivity index (χ2v) is 4.87. The number of benzene rings is 1. The van der Waals surface area contributed by atoms with Crippen LogP contribution in [0.5, 0.6) is 5.75 Å². The van der Waals surface area contributed by atoms with Gasteiger partial charge in [-0.3, -0.25) is 5.11 Å². The second-order valence-electron chi connectivity index (χ2n) is 4.87. The maximum atomic E-state index is 11.3. The summed E-state index contributed by atoms with van der Waals surface area (Å²) in [7, 11) is 0. The van der Waals surface area contributed by atoms with Crippen LogP contribution in [-0.2, 0) is 10.5 Å². The van der Waals surface area contributed by atoms with E-state index in [-0.39, 0.29) is 11.2 Å². The molecule has 0 fully saturated rings. The van der Waals surface area contributed by atoms with Crippen molar-refractivity contribution in [2.45, 2.75) is 51.9 Å². The van der Waals surface area contributed by atoms with E-state index in [9.17, 15) is 5.11 Å². The van der Waals surface area contributed by atoms with Crippen LogP contribution in [0.25, 0.3) is 0 Å². The van der Waals surface area contributed by atoms with E-state index in [4.69, 9.17) is 0 Å². The Labute approximate surface area is 93.1 Å². The van der Waals surface area contributed by atoms with Crippen LogP contribution in [0, 0.1) is 0 Å². The fourth-order valence-electron chi connectivity index (χ4n) is 1.88. The quantitative estimate of drug-likeness (QED) is 0.621. The Morgan fingerprint density at radius 1 is 1.20 bits per heavy atom. The summed E-state index contributed by atoms with van der Waals surface area (Å²) < 4.78 is 0. The zero-order valence-corrected chi connectivity index (χ0v) is 10.0. The highest BCUT2D eigenvalue weighted by Crippen LogP contribution is 2.31. The van der Waals surface area contributed by atoms with E-state index in [0.717, 1.165) is 6.42 Å². The summed E-state index contributed by atoms with van der Waals surface area (Å²) in [4.78, 5) is 0. The lowest BCUT2D eigenvalue weighted by Gasteiger charge is -2.25. The Bertz CT molecular complexity index is 302. The minimum absolute atomic E-state index is 0.121. The van der Waals surface area contributed by atoms with Gasteiger partial charge in [-0.05, 0) is 29.5 Å². The molecule has 1 nitrogen and oxygen atoms in total. The van der Waals surface area contributed by atoms with Crippen molar-refractivity contribution in [3.05, 3.63) is 29.8 Å². The minimum atomic E-state index is 0.121. The molecule has 1 rings (SSSR count). The highest BCUT2D eigenvalue weighted by atomic mass is 16.3. The van der Waals surface area contributed by atoms with Gasteiger partial charge in [0, 0.05) is 0 Å². The van der Waals surface area contributed by atoms with E-state index in [1.807, 2.05) is 6.07 Å².